The lowest BCUT2D eigenvalue weighted by atomic mass is 9.74. The lowest BCUT2D eigenvalue weighted by Crippen LogP contribution is -2.40. The van der Waals surface area contributed by atoms with E-state index in [9.17, 15) is 13.2 Å². The highest BCUT2D eigenvalue weighted by atomic mass is 32.2. The molecule has 0 saturated carbocycles. The van der Waals surface area contributed by atoms with Gasteiger partial charge in [-0.3, -0.25) is 4.79 Å². The topological polar surface area (TPSA) is 92.0 Å². The summed E-state index contributed by atoms with van der Waals surface area (Å²) in [6, 6.07) is 1.89. The van der Waals surface area contributed by atoms with Crippen molar-refractivity contribution in [3.63, 3.8) is 0 Å². The van der Waals surface area contributed by atoms with E-state index >= 15 is 0 Å². The molecule has 0 radical (unpaired) electrons. The predicted molar refractivity (Wildman–Crippen MR) is 102 cm³/mol. The number of amides is 1. The second-order valence-electron chi connectivity index (χ2n) is 8.15. The Bertz CT molecular complexity index is 998. The Morgan fingerprint density at radius 3 is 2.93 bits per heavy atom. The van der Waals surface area contributed by atoms with E-state index in [-0.39, 0.29) is 23.1 Å². The van der Waals surface area contributed by atoms with E-state index in [0.717, 1.165) is 29.9 Å². The minimum Gasteiger partial charge on any atom is -0.466 e. The Morgan fingerprint density at radius 1 is 1.37 bits per heavy atom. The van der Waals surface area contributed by atoms with Gasteiger partial charge in [-0.25, -0.2) is 8.42 Å². The number of carbonyl (C=O) groups is 1. The summed E-state index contributed by atoms with van der Waals surface area (Å²) in [5, 5.41) is 3.12. The maximum Gasteiger partial charge on any atom is 0.256 e. The number of furan rings is 1. The number of nitrogens with one attached hydrogen (secondary N) is 1. The van der Waals surface area contributed by atoms with Crippen LogP contribution in [0.2, 0.25) is 0 Å². The Labute approximate surface area is 158 Å². The van der Waals surface area contributed by atoms with Crippen LogP contribution in [0.25, 0.3) is 0 Å². The van der Waals surface area contributed by atoms with Crippen molar-refractivity contribution in [2.24, 2.45) is 9.81 Å². The molecule has 7 nitrogen and oxygen atoms in total. The van der Waals surface area contributed by atoms with Crippen molar-refractivity contribution >= 4 is 21.8 Å². The maximum atomic E-state index is 12.8. The molecule has 2 aliphatic heterocycles. The zero-order chi connectivity index (χ0) is 19.4. The van der Waals surface area contributed by atoms with E-state index in [0.29, 0.717) is 18.0 Å². The zero-order valence-corrected chi connectivity index (χ0v) is 16.5. The van der Waals surface area contributed by atoms with Crippen LogP contribution in [0.4, 0.5) is 0 Å². The molecule has 3 aliphatic rings. The molecular formula is C19H23N3O4S. The molecule has 144 valence electrons. The molecule has 3 heterocycles. The molecule has 1 aromatic rings. The second-order valence-corrected chi connectivity index (χ2v) is 9.91. The summed E-state index contributed by atoms with van der Waals surface area (Å²) in [6.45, 7) is 6.55. The minimum absolute atomic E-state index is 0.0348. The summed E-state index contributed by atoms with van der Waals surface area (Å²) in [5.41, 5.74) is 1.57. The SMILES string of the molecule is Cc1cc2c(o1)CC(C)(C)CC2NC(=O)C1=CN2CCS(=O)(=O)N=C2C=C1. The highest BCUT2D eigenvalue weighted by Crippen LogP contribution is 2.42. The van der Waals surface area contributed by atoms with Gasteiger partial charge in [-0.05, 0) is 37.0 Å². The van der Waals surface area contributed by atoms with Gasteiger partial charge in [-0.2, -0.15) is 0 Å². The first-order valence-corrected chi connectivity index (χ1v) is 10.6. The summed E-state index contributed by atoms with van der Waals surface area (Å²) >= 11 is 0. The van der Waals surface area contributed by atoms with Crippen LogP contribution >= 0.6 is 0 Å². The third kappa shape index (κ3) is 3.58. The van der Waals surface area contributed by atoms with E-state index in [1.54, 1.807) is 23.3 Å². The third-order valence-electron chi connectivity index (χ3n) is 5.13. The summed E-state index contributed by atoms with van der Waals surface area (Å²) in [4.78, 5) is 14.6. The summed E-state index contributed by atoms with van der Waals surface area (Å²) in [7, 11) is -3.40. The summed E-state index contributed by atoms with van der Waals surface area (Å²) < 4.78 is 32.8. The van der Waals surface area contributed by atoms with Gasteiger partial charge < -0.3 is 14.6 Å². The molecule has 0 fully saturated rings. The Kier molecular flexibility index (Phi) is 4.06. The fourth-order valence-corrected chi connectivity index (χ4v) is 4.86. The monoisotopic (exact) mass is 389 g/mol. The molecule has 1 amide bonds. The smallest absolute Gasteiger partial charge is 0.256 e. The molecule has 0 saturated heterocycles. The van der Waals surface area contributed by atoms with Gasteiger partial charge >= 0.3 is 0 Å². The quantitative estimate of drug-likeness (QED) is 0.837. The normalized spacial score (nSPS) is 25.1. The highest BCUT2D eigenvalue weighted by Gasteiger charge is 2.36. The van der Waals surface area contributed by atoms with Crippen LogP contribution in [-0.4, -0.2) is 37.4 Å². The molecule has 27 heavy (non-hydrogen) atoms. The fourth-order valence-electron chi connectivity index (χ4n) is 3.89. The molecule has 1 aromatic heterocycles. The average molecular weight is 389 g/mol. The number of hydrogen-bond donors (Lipinski definition) is 1. The average Bonchev–Trinajstić information content (AvgIpc) is 2.92. The maximum absolute atomic E-state index is 12.8. The standard InChI is InChI=1S/C19H23N3O4S/c1-12-8-14-15(9-19(2,3)10-16(14)26-12)20-18(23)13-4-5-17-21-27(24,25)7-6-22(17)11-13/h4-5,8,11,15H,6-7,9-10H2,1-3H3,(H,20,23). The van der Waals surface area contributed by atoms with Gasteiger partial charge in [0.1, 0.15) is 17.4 Å². The lowest BCUT2D eigenvalue weighted by Gasteiger charge is -2.35. The van der Waals surface area contributed by atoms with E-state index < -0.39 is 10.0 Å². The zero-order valence-electron chi connectivity index (χ0n) is 15.7. The number of sulfonamides is 1. The molecule has 1 atom stereocenters. The predicted octanol–water partition coefficient (Wildman–Crippen LogP) is 2.22. The van der Waals surface area contributed by atoms with Gasteiger partial charge in [0, 0.05) is 24.7 Å². The molecule has 0 aromatic carbocycles. The number of rotatable bonds is 2. The van der Waals surface area contributed by atoms with Gasteiger partial charge in [-0.15, -0.1) is 4.40 Å². The molecule has 0 spiro atoms. The van der Waals surface area contributed by atoms with Gasteiger partial charge in [0.15, 0.2) is 0 Å². The third-order valence-corrected chi connectivity index (χ3v) is 6.29. The van der Waals surface area contributed by atoms with Crippen molar-refractivity contribution in [3.05, 3.63) is 47.1 Å². The molecule has 8 heteroatoms. The van der Waals surface area contributed by atoms with Crippen LogP contribution in [0.3, 0.4) is 0 Å². The molecule has 0 bridgehead atoms. The number of hydrogen-bond acceptors (Lipinski definition) is 5. The molecule has 4 rings (SSSR count). The van der Waals surface area contributed by atoms with E-state index in [4.69, 9.17) is 4.42 Å². The number of nitrogens with zero attached hydrogens (tertiary/aromatic N) is 2. The second kappa shape index (κ2) is 6.09. The van der Waals surface area contributed by atoms with Crippen LogP contribution in [-0.2, 0) is 21.2 Å². The van der Waals surface area contributed by atoms with Crippen LogP contribution in [0.1, 0.15) is 43.4 Å². The van der Waals surface area contributed by atoms with Crippen molar-refractivity contribution in [2.75, 3.05) is 12.3 Å². The van der Waals surface area contributed by atoms with E-state index in [1.165, 1.54) is 0 Å². The van der Waals surface area contributed by atoms with Crippen molar-refractivity contribution < 1.29 is 17.6 Å². The Morgan fingerprint density at radius 2 is 2.15 bits per heavy atom. The molecule has 1 unspecified atom stereocenters. The van der Waals surface area contributed by atoms with E-state index in [2.05, 4.69) is 23.6 Å². The van der Waals surface area contributed by atoms with Crippen molar-refractivity contribution in [2.45, 2.75) is 39.7 Å². The van der Waals surface area contributed by atoms with Gasteiger partial charge in [-0.1, -0.05) is 13.8 Å². The molecule has 1 aliphatic carbocycles. The van der Waals surface area contributed by atoms with Crippen molar-refractivity contribution in [3.8, 4) is 0 Å². The Balaban J connectivity index is 1.55. The fraction of sp³-hybridized carbons (Fsp3) is 0.474. The first kappa shape index (κ1) is 18.0. The first-order chi connectivity index (χ1) is 12.6. The largest absolute Gasteiger partial charge is 0.466 e. The van der Waals surface area contributed by atoms with Crippen LogP contribution < -0.4 is 5.32 Å². The van der Waals surface area contributed by atoms with Crippen molar-refractivity contribution in [1.82, 2.24) is 10.2 Å². The van der Waals surface area contributed by atoms with E-state index in [1.807, 2.05) is 13.0 Å². The number of fused-ring (bicyclic) bond motifs is 2. The Hall–Kier alpha value is -2.35. The first-order valence-electron chi connectivity index (χ1n) is 9.01. The number of carbonyl (C=O) groups excluding carboxylic acids is 1. The molecular weight excluding hydrogens is 366 g/mol. The van der Waals surface area contributed by atoms with Crippen molar-refractivity contribution in [1.29, 1.82) is 0 Å². The van der Waals surface area contributed by atoms with Crippen LogP contribution in [0.15, 0.2) is 38.8 Å². The van der Waals surface area contributed by atoms with Crippen LogP contribution in [0.5, 0.6) is 0 Å². The number of amidine groups is 1. The van der Waals surface area contributed by atoms with Crippen LogP contribution in [0, 0.1) is 12.3 Å². The summed E-state index contributed by atoms with van der Waals surface area (Å²) in [5.74, 6) is 1.90. The minimum atomic E-state index is -3.40. The van der Waals surface area contributed by atoms with Gasteiger partial charge in [0.25, 0.3) is 15.9 Å². The highest BCUT2D eigenvalue weighted by molar-refractivity contribution is 7.90. The molecule has 1 N–H and O–H groups in total. The summed E-state index contributed by atoms with van der Waals surface area (Å²) in [6.07, 6.45) is 6.53. The lowest BCUT2D eigenvalue weighted by molar-refractivity contribution is -0.118. The number of aryl methyl sites for hydroxylation is 1. The van der Waals surface area contributed by atoms with Gasteiger partial charge in [0.05, 0.1) is 17.4 Å². The van der Waals surface area contributed by atoms with Gasteiger partial charge in [0.2, 0.25) is 0 Å².